The summed E-state index contributed by atoms with van der Waals surface area (Å²) in [5, 5.41) is 0.0728. The molecule has 2 saturated heterocycles. The van der Waals surface area contributed by atoms with E-state index in [1.165, 1.54) is 17.3 Å². The molecular weight excluding hydrogens is 542 g/mol. The van der Waals surface area contributed by atoms with Crippen LogP contribution in [-0.2, 0) is 30.2 Å². The first kappa shape index (κ1) is 28.9. The average Bonchev–Trinajstić information content (AvgIpc) is 3.44. The molecule has 4 aliphatic heterocycles. The van der Waals surface area contributed by atoms with Crippen molar-refractivity contribution in [1.82, 2.24) is 4.90 Å². The van der Waals surface area contributed by atoms with Gasteiger partial charge >= 0.3 is 5.97 Å². The number of carbonyl (C=O) groups excluding carboxylic acids is 2. The molecular formula is C32H43NO7S. The Labute approximate surface area is 247 Å². The second-order valence-corrected chi connectivity index (χ2v) is 14.7. The Hall–Kier alpha value is -2.23. The number of methoxy groups -OCH3 is 1. The Bertz CT molecular complexity index is 1240. The van der Waals surface area contributed by atoms with Gasteiger partial charge in [-0.25, -0.2) is 4.79 Å². The van der Waals surface area contributed by atoms with Gasteiger partial charge in [-0.15, -0.1) is 0 Å². The molecule has 5 aliphatic rings. The van der Waals surface area contributed by atoms with Crippen molar-refractivity contribution in [3.05, 3.63) is 35.1 Å². The summed E-state index contributed by atoms with van der Waals surface area (Å²) in [6.45, 7) is 10.0. The minimum absolute atomic E-state index is 0.00588. The van der Waals surface area contributed by atoms with Crippen LogP contribution in [0.5, 0.6) is 11.5 Å². The van der Waals surface area contributed by atoms with E-state index in [-0.39, 0.29) is 35.0 Å². The van der Waals surface area contributed by atoms with Gasteiger partial charge in [0.2, 0.25) is 6.79 Å². The predicted molar refractivity (Wildman–Crippen MR) is 156 cm³/mol. The molecule has 4 atom stereocenters. The zero-order chi connectivity index (χ0) is 29.0. The zero-order valence-electron chi connectivity index (χ0n) is 25.0. The van der Waals surface area contributed by atoms with E-state index in [9.17, 15) is 9.59 Å². The molecule has 1 aliphatic carbocycles. The fraction of sp³-hybridized carbons (Fsp3) is 0.688. The molecule has 2 fully saturated rings. The lowest BCUT2D eigenvalue weighted by atomic mass is 9.74. The van der Waals surface area contributed by atoms with E-state index >= 15 is 0 Å². The molecule has 8 nitrogen and oxygen atoms in total. The Morgan fingerprint density at radius 1 is 1.07 bits per heavy atom. The smallest absolute Gasteiger partial charge is 0.339 e. The summed E-state index contributed by atoms with van der Waals surface area (Å²) in [6.07, 6.45) is 7.67. The standard InChI is InChI=1S/C32H43NO7S/c1-20(2)41-26(34)18-32(12-8-10-30(3,4)40-32)29(35)39-28-25(36-5)17-31-11-6-7-13-33(31)14-9-21-15-23-24(38-19-37-23)16-22(21)27(28)31/h15-17,20,27-28H,6-14,18-19H2,1-5H3/t27?,28?,31?,32-/m0/s1. The lowest BCUT2D eigenvalue weighted by Crippen LogP contribution is -2.56. The van der Waals surface area contributed by atoms with E-state index in [2.05, 4.69) is 23.1 Å². The summed E-state index contributed by atoms with van der Waals surface area (Å²) in [7, 11) is 1.65. The third kappa shape index (κ3) is 5.16. The zero-order valence-corrected chi connectivity index (χ0v) is 25.8. The number of carbonyl (C=O) groups is 2. The average molecular weight is 586 g/mol. The van der Waals surface area contributed by atoms with Crippen molar-refractivity contribution in [3.63, 3.8) is 0 Å². The lowest BCUT2D eigenvalue weighted by molar-refractivity contribution is -0.213. The van der Waals surface area contributed by atoms with Gasteiger partial charge in [-0.05, 0) is 94.7 Å². The SMILES string of the molecule is COC1=CC23CCCCN2CCc2cc4c(cc2C3C1OC(=O)[C@@]1(CC(=O)SC(C)C)CCCC(C)(C)O1)OCO4. The number of benzene rings is 1. The van der Waals surface area contributed by atoms with Gasteiger partial charge in [-0.1, -0.05) is 25.6 Å². The second-order valence-electron chi connectivity index (χ2n) is 13.1. The molecule has 0 radical (unpaired) electrons. The molecule has 6 rings (SSSR count). The summed E-state index contributed by atoms with van der Waals surface area (Å²) < 4.78 is 30.7. The highest BCUT2D eigenvalue weighted by Crippen LogP contribution is 2.55. The Morgan fingerprint density at radius 2 is 1.85 bits per heavy atom. The number of hydrogen-bond acceptors (Lipinski definition) is 9. The first-order valence-electron chi connectivity index (χ1n) is 15.1. The van der Waals surface area contributed by atoms with Crippen molar-refractivity contribution < 1.29 is 33.3 Å². The highest BCUT2D eigenvalue weighted by atomic mass is 32.2. The summed E-state index contributed by atoms with van der Waals surface area (Å²) in [4.78, 5) is 30.1. The van der Waals surface area contributed by atoms with Gasteiger partial charge in [0.05, 0.1) is 30.6 Å². The van der Waals surface area contributed by atoms with E-state index in [1.54, 1.807) is 7.11 Å². The van der Waals surface area contributed by atoms with Crippen molar-refractivity contribution >= 4 is 22.8 Å². The van der Waals surface area contributed by atoms with E-state index in [0.29, 0.717) is 12.2 Å². The number of hydrogen-bond donors (Lipinski definition) is 0. The highest BCUT2D eigenvalue weighted by molar-refractivity contribution is 8.14. The maximum atomic E-state index is 14.4. The Balaban J connectivity index is 1.40. The normalized spacial score (nSPS) is 31.9. The molecule has 1 aromatic rings. The Morgan fingerprint density at radius 3 is 2.59 bits per heavy atom. The number of piperidine rings is 1. The van der Waals surface area contributed by atoms with Crippen molar-refractivity contribution in [3.8, 4) is 11.5 Å². The number of nitrogens with zero attached hydrogens (tertiary/aromatic N) is 1. The fourth-order valence-corrected chi connectivity index (χ4v) is 8.63. The van der Waals surface area contributed by atoms with Crippen LogP contribution in [0.4, 0.5) is 0 Å². The Kier molecular flexibility index (Phi) is 7.60. The van der Waals surface area contributed by atoms with Gasteiger partial charge in [0.25, 0.3) is 0 Å². The third-order valence-corrected chi connectivity index (χ3v) is 10.3. The van der Waals surface area contributed by atoms with Gasteiger partial charge in [0.15, 0.2) is 28.3 Å². The molecule has 0 N–H and O–H groups in total. The third-order valence-electron chi connectivity index (χ3n) is 9.45. The molecule has 0 bridgehead atoms. The van der Waals surface area contributed by atoms with Crippen LogP contribution in [0.1, 0.15) is 89.7 Å². The molecule has 9 heteroatoms. The first-order valence-corrected chi connectivity index (χ1v) is 16.0. The van der Waals surface area contributed by atoms with Gasteiger partial charge in [-0.3, -0.25) is 9.69 Å². The number of fused-ring (bicyclic) bond motifs is 3. The van der Waals surface area contributed by atoms with Crippen LogP contribution >= 0.6 is 11.8 Å². The summed E-state index contributed by atoms with van der Waals surface area (Å²) >= 11 is 1.25. The molecule has 0 amide bonds. The summed E-state index contributed by atoms with van der Waals surface area (Å²) in [5.74, 6) is 1.50. The quantitative estimate of drug-likeness (QED) is 0.401. The molecule has 0 saturated carbocycles. The van der Waals surface area contributed by atoms with Gasteiger partial charge in [0.1, 0.15) is 5.76 Å². The van der Waals surface area contributed by atoms with Crippen molar-refractivity contribution in [2.45, 2.75) is 113 Å². The van der Waals surface area contributed by atoms with E-state index in [1.807, 2.05) is 27.7 Å². The first-order chi connectivity index (χ1) is 19.6. The van der Waals surface area contributed by atoms with Crippen LogP contribution in [0.15, 0.2) is 24.0 Å². The van der Waals surface area contributed by atoms with Crippen LogP contribution in [0.2, 0.25) is 0 Å². The summed E-state index contributed by atoms with van der Waals surface area (Å²) in [6, 6.07) is 4.19. The topological polar surface area (TPSA) is 83.5 Å². The molecule has 0 aromatic heterocycles. The van der Waals surface area contributed by atoms with Crippen molar-refractivity contribution in [2.24, 2.45) is 0 Å². The molecule has 224 valence electrons. The number of ether oxygens (including phenoxy) is 5. The van der Waals surface area contributed by atoms with E-state index < -0.39 is 23.3 Å². The van der Waals surface area contributed by atoms with Crippen LogP contribution in [0, 0.1) is 0 Å². The van der Waals surface area contributed by atoms with Crippen LogP contribution in [0.25, 0.3) is 0 Å². The van der Waals surface area contributed by atoms with E-state index in [0.717, 1.165) is 68.7 Å². The van der Waals surface area contributed by atoms with Gasteiger partial charge < -0.3 is 23.7 Å². The van der Waals surface area contributed by atoms with Crippen LogP contribution in [0.3, 0.4) is 0 Å². The maximum absolute atomic E-state index is 14.4. The highest BCUT2D eigenvalue weighted by Gasteiger charge is 2.59. The molecule has 3 unspecified atom stereocenters. The molecule has 1 aromatic carbocycles. The van der Waals surface area contributed by atoms with Crippen molar-refractivity contribution in [2.75, 3.05) is 27.0 Å². The molecule has 1 spiro atoms. The fourth-order valence-electron chi connectivity index (χ4n) is 7.78. The predicted octanol–water partition coefficient (Wildman–Crippen LogP) is 5.51. The monoisotopic (exact) mass is 585 g/mol. The second kappa shape index (κ2) is 10.8. The largest absolute Gasteiger partial charge is 0.497 e. The van der Waals surface area contributed by atoms with Gasteiger partial charge in [-0.2, -0.15) is 0 Å². The minimum atomic E-state index is -1.33. The molecule has 41 heavy (non-hydrogen) atoms. The van der Waals surface area contributed by atoms with Crippen LogP contribution in [-0.4, -0.2) is 71.1 Å². The number of thioether (sulfide) groups is 1. The molecule has 4 heterocycles. The summed E-state index contributed by atoms with van der Waals surface area (Å²) in [5.41, 5.74) is 0.100. The van der Waals surface area contributed by atoms with E-state index in [4.69, 9.17) is 23.7 Å². The van der Waals surface area contributed by atoms with Crippen LogP contribution < -0.4 is 9.47 Å². The van der Waals surface area contributed by atoms with Gasteiger partial charge in [0, 0.05) is 11.8 Å². The maximum Gasteiger partial charge on any atom is 0.339 e. The lowest BCUT2D eigenvalue weighted by Gasteiger charge is -2.48. The minimum Gasteiger partial charge on any atom is -0.497 e. The number of esters is 1. The van der Waals surface area contributed by atoms with Crippen molar-refractivity contribution in [1.29, 1.82) is 0 Å². The number of rotatable bonds is 6.